The normalized spacial score (nSPS) is 14.2. The third-order valence-electron chi connectivity index (χ3n) is 4.78. The molecular weight excluding hydrogens is 360 g/mol. The molecule has 3 aromatic rings. The van der Waals surface area contributed by atoms with Gasteiger partial charge in [-0.1, -0.05) is 67.6 Å². The van der Waals surface area contributed by atoms with E-state index in [0.717, 1.165) is 17.5 Å². The monoisotopic (exact) mass is 382 g/mol. The number of carbonyl (C=O) groups excluding carboxylic acids is 1. The van der Waals surface area contributed by atoms with Gasteiger partial charge in [-0.05, 0) is 47.4 Å². The molecule has 0 unspecified atom stereocenters. The number of ether oxygens (including phenoxy) is 2. The molecule has 3 heteroatoms. The van der Waals surface area contributed by atoms with Crippen LogP contribution in [0.4, 0.5) is 0 Å². The van der Waals surface area contributed by atoms with E-state index in [9.17, 15) is 4.79 Å². The maximum absolute atomic E-state index is 12.6. The lowest BCUT2D eigenvalue weighted by Crippen LogP contribution is -1.98. The zero-order valence-corrected chi connectivity index (χ0v) is 16.3. The van der Waals surface area contributed by atoms with Gasteiger partial charge in [-0.15, -0.1) is 0 Å². The maximum Gasteiger partial charge on any atom is 0.231 e. The highest BCUT2D eigenvalue weighted by Gasteiger charge is 2.27. The minimum absolute atomic E-state index is 0.102. The van der Waals surface area contributed by atoms with Gasteiger partial charge in [0, 0.05) is 6.07 Å². The fourth-order valence-electron chi connectivity index (χ4n) is 3.15. The summed E-state index contributed by atoms with van der Waals surface area (Å²) >= 11 is 0. The van der Waals surface area contributed by atoms with Gasteiger partial charge in [0.15, 0.2) is 5.76 Å². The van der Waals surface area contributed by atoms with E-state index >= 15 is 0 Å². The van der Waals surface area contributed by atoms with Crippen LogP contribution in [0.5, 0.6) is 11.5 Å². The van der Waals surface area contributed by atoms with E-state index < -0.39 is 0 Å². The smallest absolute Gasteiger partial charge is 0.231 e. The minimum atomic E-state index is -0.102. The Hall–Kier alpha value is -3.59. The number of hydrogen-bond acceptors (Lipinski definition) is 3. The van der Waals surface area contributed by atoms with Gasteiger partial charge in [-0.2, -0.15) is 0 Å². The quantitative estimate of drug-likeness (QED) is 0.494. The first-order valence-corrected chi connectivity index (χ1v) is 9.74. The summed E-state index contributed by atoms with van der Waals surface area (Å²) in [6.45, 7) is 2.55. The molecule has 0 fully saturated rings. The average Bonchev–Trinajstić information content (AvgIpc) is 3.07. The Morgan fingerprint density at radius 1 is 0.931 bits per heavy atom. The summed E-state index contributed by atoms with van der Waals surface area (Å²) in [5, 5.41) is 0. The molecule has 0 aliphatic carbocycles. The first kappa shape index (κ1) is 18.8. The van der Waals surface area contributed by atoms with E-state index in [2.05, 4.69) is 19.1 Å². The van der Waals surface area contributed by atoms with Crippen LogP contribution in [0.25, 0.3) is 12.2 Å². The second-order valence-corrected chi connectivity index (χ2v) is 6.82. The first-order chi connectivity index (χ1) is 14.2. The molecule has 0 bridgehead atoms. The van der Waals surface area contributed by atoms with Crippen molar-refractivity contribution in [2.75, 3.05) is 6.61 Å². The van der Waals surface area contributed by atoms with Crippen molar-refractivity contribution < 1.29 is 14.3 Å². The second kappa shape index (κ2) is 8.61. The molecule has 0 saturated heterocycles. The summed E-state index contributed by atoms with van der Waals surface area (Å²) in [4.78, 5) is 12.6. The molecule has 3 aromatic carbocycles. The highest BCUT2D eigenvalue weighted by atomic mass is 16.5. The third-order valence-corrected chi connectivity index (χ3v) is 4.78. The zero-order chi connectivity index (χ0) is 20.1. The lowest BCUT2D eigenvalue weighted by atomic mass is 10.1. The molecule has 0 radical (unpaired) electrons. The van der Waals surface area contributed by atoms with Crippen LogP contribution in [-0.2, 0) is 6.42 Å². The van der Waals surface area contributed by atoms with Crippen molar-refractivity contribution in [3.63, 3.8) is 0 Å². The van der Waals surface area contributed by atoms with Crippen molar-refractivity contribution in [1.29, 1.82) is 0 Å². The fourth-order valence-corrected chi connectivity index (χ4v) is 3.15. The Morgan fingerprint density at radius 2 is 1.72 bits per heavy atom. The maximum atomic E-state index is 12.6. The number of allylic oxidation sites excluding steroid dienone is 1. The van der Waals surface area contributed by atoms with Gasteiger partial charge in [0.05, 0.1) is 5.56 Å². The number of rotatable bonds is 6. The number of hydrogen-bond donors (Lipinski definition) is 0. The summed E-state index contributed by atoms with van der Waals surface area (Å²) in [6, 6.07) is 23.5. The number of aryl methyl sites for hydroxylation is 1. The predicted octanol–water partition coefficient (Wildman–Crippen LogP) is 5.96. The second-order valence-electron chi connectivity index (χ2n) is 6.82. The number of benzene rings is 3. The fraction of sp³-hybridized carbons (Fsp3) is 0.115. The minimum Gasteiger partial charge on any atom is -0.489 e. The van der Waals surface area contributed by atoms with E-state index in [4.69, 9.17) is 9.47 Å². The Labute approximate surface area is 170 Å². The topological polar surface area (TPSA) is 35.5 Å². The average molecular weight is 382 g/mol. The van der Waals surface area contributed by atoms with Gasteiger partial charge >= 0.3 is 0 Å². The summed E-state index contributed by atoms with van der Waals surface area (Å²) in [5.41, 5.74) is 3.90. The SMILES string of the molecule is CCc1ccc(C=C2Oc3cc(OCC=Cc4ccccc4)ccc3C2=O)cc1. The number of fused-ring (bicyclic) bond motifs is 1. The molecule has 1 aliphatic rings. The van der Waals surface area contributed by atoms with Gasteiger partial charge < -0.3 is 9.47 Å². The highest BCUT2D eigenvalue weighted by molar-refractivity contribution is 6.14. The van der Waals surface area contributed by atoms with E-state index in [-0.39, 0.29) is 5.78 Å². The number of ketones is 1. The molecule has 1 aliphatic heterocycles. The Bertz CT molecular complexity index is 1060. The molecule has 0 atom stereocenters. The number of Topliss-reactive ketones (excluding diaryl/α,β-unsaturated/α-hetero) is 1. The van der Waals surface area contributed by atoms with Crippen LogP contribution in [0.15, 0.2) is 84.6 Å². The highest BCUT2D eigenvalue weighted by Crippen LogP contribution is 2.34. The molecule has 4 rings (SSSR count). The van der Waals surface area contributed by atoms with Crippen molar-refractivity contribution in [2.24, 2.45) is 0 Å². The first-order valence-electron chi connectivity index (χ1n) is 9.74. The van der Waals surface area contributed by atoms with Crippen molar-refractivity contribution >= 4 is 17.9 Å². The van der Waals surface area contributed by atoms with Crippen LogP contribution in [0.1, 0.15) is 34.0 Å². The summed E-state index contributed by atoms with van der Waals surface area (Å²) in [5.74, 6) is 1.44. The zero-order valence-electron chi connectivity index (χ0n) is 16.3. The molecular formula is C26H22O3. The Balaban J connectivity index is 1.42. The van der Waals surface area contributed by atoms with Crippen LogP contribution in [0.2, 0.25) is 0 Å². The molecule has 144 valence electrons. The van der Waals surface area contributed by atoms with Crippen molar-refractivity contribution in [2.45, 2.75) is 13.3 Å². The molecule has 0 aromatic heterocycles. The van der Waals surface area contributed by atoms with E-state index in [1.54, 1.807) is 24.3 Å². The molecule has 0 saturated carbocycles. The Morgan fingerprint density at radius 3 is 2.48 bits per heavy atom. The molecule has 0 N–H and O–H groups in total. The van der Waals surface area contributed by atoms with Crippen LogP contribution in [0.3, 0.4) is 0 Å². The van der Waals surface area contributed by atoms with Crippen LogP contribution in [0, 0.1) is 0 Å². The molecule has 0 spiro atoms. The van der Waals surface area contributed by atoms with E-state index in [1.807, 2.05) is 54.6 Å². The van der Waals surface area contributed by atoms with Crippen LogP contribution < -0.4 is 9.47 Å². The summed E-state index contributed by atoms with van der Waals surface area (Å²) in [6.07, 6.45) is 6.74. The van der Waals surface area contributed by atoms with Gasteiger partial charge in [0.1, 0.15) is 18.1 Å². The summed E-state index contributed by atoms with van der Waals surface area (Å²) in [7, 11) is 0. The van der Waals surface area contributed by atoms with Gasteiger partial charge in [-0.25, -0.2) is 0 Å². The molecule has 29 heavy (non-hydrogen) atoms. The lowest BCUT2D eigenvalue weighted by molar-refractivity contribution is 0.101. The Kier molecular flexibility index (Phi) is 5.57. The molecule has 0 amide bonds. The predicted molar refractivity (Wildman–Crippen MR) is 116 cm³/mol. The summed E-state index contributed by atoms with van der Waals surface area (Å²) < 4.78 is 11.6. The third kappa shape index (κ3) is 4.46. The van der Waals surface area contributed by atoms with E-state index in [0.29, 0.717) is 29.4 Å². The van der Waals surface area contributed by atoms with Crippen molar-refractivity contribution in [1.82, 2.24) is 0 Å². The van der Waals surface area contributed by atoms with Gasteiger partial charge in [0.2, 0.25) is 5.78 Å². The standard InChI is InChI=1S/C26H22O3/c1-2-19-10-12-21(13-11-19)17-25-26(27)23-15-14-22(18-24(23)29-25)28-16-6-9-20-7-4-3-5-8-20/h3-15,17-18H,2,16H2,1H3. The van der Waals surface area contributed by atoms with Crippen molar-refractivity contribution in [3.05, 3.63) is 107 Å². The lowest BCUT2D eigenvalue weighted by Gasteiger charge is -2.05. The van der Waals surface area contributed by atoms with Gasteiger partial charge in [-0.3, -0.25) is 4.79 Å². The van der Waals surface area contributed by atoms with Gasteiger partial charge in [0.25, 0.3) is 0 Å². The van der Waals surface area contributed by atoms with Crippen LogP contribution in [-0.4, -0.2) is 12.4 Å². The van der Waals surface area contributed by atoms with E-state index in [1.165, 1.54) is 5.56 Å². The molecule has 1 heterocycles. The molecule has 3 nitrogen and oxygen atoms in total. The van der Waals surface area contributed by atoms with Crippen LogP contribution >= 0.6 is 0 Å². The number of carbonyl (C=O) groups is 1. The largest absolute Gasteiger partial charge is 0.489 e. The van der Waals surface area contributed by atoms with Crippen molar-refractivity contribution in [3.8, 4) is 11.5 Å².